The van der Waals surface area contributed by atoms with E-state index in [-0.39, 0.29) is 24.3 Å². The van der Waals surface area contributed by atoms with Crippen molar-refractivity contribution in [3.05, 3.63) is 53.9 Å². The Morgan fingerprint density at radius 2 is 1.78 bits per heavy atom. The molecule has 1 N–H and O–H groups in total. The van der Waals surface area contributed by atoms with Crippen LogP contribution in [0, 0.1) is 5.92 Å². The summed E-state index contributed by atoms with van der Waals surface area (Å²) >= 11 is 0. The largest absolute Gasteiger partial charge is 0.393 e. The van der Waals surface area contributed by atoms with Gasteiger partial charge in [-0.25, -0.2) is 4.98 Å². The molecule has 0 saturated heterocycles. The fraction of sp³-hybridized carbons (Fsp3) is 0.500. The number of amides is 1. The van der Waals surface area contributed by atoms with E-state index in [1.54, 1.807) is 4.90 Å². The molecule has 1 amide bonds. The number of aryl methyl sites for hydroxylation is 1. The molecule has 2 aliphatic carbocycles. The van der Waals surface area contributed by atoms with Crippen LogP contribution in [-0.4, -0.2) is 50.4 Å². The van der Waals surface area contributed by atoms with E-state index in [1.807, 2.05) is 29.8 Å². The van der Waals surface area contributed by atoms with Gasteiger partial charge in [0.15, 0.2) is 5.82 Å². The van der Waals surface area contributed by atoms with Crippen LogP contribution in [-0.2, 0) is 11.8 Å². The molecule has 6 nitrogen and oxygen atoms in total. The van der Waals surface area contributed by atoms with Crippen LogP contribution in [0.4, 0.5) is 0 Å². The summed E-state index contributed by atoms with van der Waals surface area (Å²) < 4.78 is 1.91. The lowest BCUT2D eigenvalue weighted by Gasteiger charge is -2.26. The van der Waals surface area contributed by atoms with Gasteiger partial charge in [-0.1, -0.05) is 30.3 Å². The van der Waals surface area contributed by atoms with Gasteiger partial charge >= 0.3 is 0 Å². The molecule has 190 valence electrons. The van der Waals surface area contributed by atoms with Gasteiger partial charge in [-0.15, -0.1) is 0 Å². The first kappa shape index (κ1) is 24.7. The lowest BCUT2D eigenvalue weighted by Crippen LogP contribution is -2.37. The van der Waals surface area contributed by atoms with E-state index < -0.39 is 0 Å². The molecule has 0 aliphatic heterocycles. The maximum absolute atomic E-state index is 13.7. The number of hydrogen-bond acceptors (Lipinski definition) is 4. The third-order valence-corrected chi connectivity index (χ3v) is 7.89. The van der Waals surface area contributed by atoms with E-state index in [2.05, 4.69) is 24.3 Å². The van der Waals surface area contributed by atoms with E-state index in [9.17, 15) is 14.7 Å². The minimum absolute atomic E-state index is 0.0242. The molecule has 2 saturated carbocycles. The molecule has 2 fully saturated rings. The topological polar surface area (TPSA) is 75.4 Å². The number of carbonyl (C=O) groups excluding carboxylic acids is 2. The Bertz CT molecular complexity index is 1240. The zero-order chi connectivity index (χ0) is 25.2. The molecular weight excluding hydrogens is 450 g/mol. The fourth-order valence-electron chi connectivity index (χ4n) is 5.66. The Labute approximate surface area is 213 Å². The summed E-state index contributed by atoms with van der Waals surface area (Å²) in [6.07, 6.45) is 7.93. The van der Waals surface area contributed by atoms with Crippen molar-refractivity contribution in [1.82, 2.24) is 14.5 Å². The maximum Gasteiger partial charge on any atom is 0.290 e. The Kier molecular flexibility index (Phi) is 7.24. The minimum atomic E-state index is -0.185. The van der Waals surface area contributed by atoms with Gasteiger partial charge in [-0.05, 0) is 93.4 Å². The number of fused-ring (bicyclic) bond motifs is 1. The van der Waals surface area contributed by atoms with Gasteiger partial charge in [0.2, 0.25) is 0 Å². The summed E-state index contributed by atoms with van der Waals surface area (Å²) in [5.41, 5.74) is 5.26. The molecule has 2 aromatic carbocycles. The lowest BCUT2D eigenvalue weighted by atomic mass is 9.84. The molecule has 1 heterocycles. The Morgan fingerprint density at radius 1 is 1.06 bits per heavy atom. The van der Waals surface area contributed by atoms with Crippen LogP contribution in [0.1, 0.15) is 80.4 Å². The van der Waals surface area contributed by atoms with Crippen molar-refractivity contribution in [2.24, 2.45) is 13.0 Å². The van der Waals surface area contributed by atoms with Crippen molar-refractivity contribution >= 4 is 22.7 Å². The van der Waals surface area contributed by atoms with Crippen LogP contribution in [0.3, 0.4) is 0 Å². The zero-order valence-electron chi connectivity index (χ0n) is 21.4. The Hall–Kier alpha value is -2.99. The van der Waals surface area contributed by atoms with Crippen molar-refractivity contribution < 1.29 is 14.7 Å². The lowest BCUT2D eigenvalue weighted by molar-refractivity contribution is -0.117. The third-order valence-electron chi connectivity index (χ3n) is 7.89. The number of ketones is 1. The van der Waals surface area contributed by atoms with Crippen LogP contribution in [0.5, 0.6) is 0 Å². The predicted octanol–water partition coefficient (Wildman–Crippen LogP) is 5.48. The second-order valence-electron chi connectivity index (χ2n) is 10.8. The first-order valence-electron chi connectivity index (χ1n) is 13.4. The Morgan fingerprint density at radius 3 is 2.44 bits per heavy atom. The normalized spacial score (nSPS) is 20.0. The smallest absolute Gasteiger partial charge is 0.290 e. The van der Waals surface area contributed by atoms with Gasteiger partial charge in [0, 0.05) is 19.2 Å². The fourth-order valence-corrected chi connectivity index (χ4v) is 5.66. The first-order chi connectivity index (χ1) is 17.4. The van der Waals surface area contributed by atoms with E-state index in [0.29, 0.717) is 24.2 Å². The Balaban J connectivity index is 1.42. The van der Waals surface area contributed by atoms with Gasteiger partial charge in [0.25, 0.3) is 5.91 Å². The van der Waals surface area contributed by atoms with Crippen LogP contribution < -0.4 is 0 Å². The molecule has 0 radical (unpaired) electrons. The number of hydrogen-bond donors (Lipinski definition) is 1. The molecule has 0 bridgehead atoms. The number of benzene rings is 2. The highest BCUT2D eigenvalue weighted by atomic mass is 16.3. The summed E-state index contributed by atoms with van der Waals surface area (Å²) in [5.74, 6) is 1.35. The summed E-state index contributed by atoms with van der Waals surface area (Å²) in [5, 5.41) is 9.77. The number of aliphatic hydroxyl groups is 1. The molecule has 0 atom stereocenters. The summed E-state index contributed by atoms with van der Waals surface area (Å²) in [4.78, 5) is 32.3. The second kappa shape index (κ2) is 10.6. The van der Waals surface area contributed by atoms with Gasteiger partial charge in [-0.3, -0.25) is 9.59 Å². The standard InChI is InChI=1S/C30H37N3O3/c1-20(34)19-33(16-6-7-21-10-14-25(35)15-11-21)30(36)29-31-28-26(23-8-4-3-5-9-23)17-24(22-12-13-22)18-27(28)32(29)2/h3-5,8-9,17-18,21-22,25,35H,6-7,10-16,19H2,1-2H3/t21-,25-. The van der Waals surface area contributed by atoms with Gasteiger partial charge < -0.3 is 14.6 Å². The number of nitrogens with zero attached hydrogens (tertiary/aromatic N) is 3. The van der Waals surface area contributed by atoms with Crippen LogP contribution in [0.2, 0.25) is 0 Å². The molecule has 6 heteroatoms. The predicted molar refractivity (Wildman–Crippen MR) is 142 cm³/mol. The van der Waals surface area contributed by atoms with Gasteiger partial charge in [0.1, 0.15) is 5.78 Å². The molecular formula is C30H37N3O3. The van der Waals surface area contributed by atoms with Crippen molar-refractivity contribution in [1.29, 1.82) is 0 Å². The molecule has 2 aliphatic rings. The highest BCUT2D eigenvalue weighted by molar-refractivity contribution is 6.00. The van der Waals surface area contributed by atoms with Crippen LogP contribution in [0.15, 0.2) is 42.5 Å². The SMILES string of the molecule is CC(=O)CN(CCC[C@H]1CC[C@H](O)CC1)C(=O)c1nc2c(-c3ccccc3)cc(C3CC3)cc2n1C. The number of imidazole rings is 1. The number of aromatic nitrogens is 2. The van der Waals surface area contributed by atoms with Crippen molar-refractivity contribution in [3.63, 3.8) is 0 Å². The summed E-state index contributed by atoms with van der Waals surface area (Å²) in [6.45, 7) is 2.18. The van der Waals surface area contributed by atoms with Crippen molar-refractivity contribution in [2.45, 2.75) is 70.3 Å². The molecule has 3 aromatic rings. The maximum atomic E-state index is 13.7. The second-order valence-corrected chi connectivity index (χ2v) is 10.8. The minimum Gasteiger partial charge on any atom is -0.393 e. The molecule has 1 aromatic heterocycles. The van der Waals surface area contributed by atoms with Crippen LogP contribution >= 0.6 is 0 Å². The number of carbonyl (C=O) groups is 2. The van der Waals surface area contributed by atoms with E-state index in [4.69, 9.17) is 4.98 Å². The zero-order valence-corrected chi connectivity index (χ0v) is 21.4. The van der Waals surface area contributed by atoms with E-state index >= 15 is 0 Å². The van der Waals surface area contributed by atoms with Gasteiger partial charge in [-0.2, -0.15) is 0 Å². The highest BCUT2D eigenvalue weighted by Gasteiger charge is 2.28. The monoisotopic (exact) mass is 487 g/mol. The highest BCUT2D eigenvalue weighted by Crippen LogP contribution is 2.43. The molecule has 0 spiro atoms. The molecule has 36 heavy (non-hydrogen) atoms. The third kappa shape index (κ3) is 5.39. The number of Topliss-reactive ketones (excluding diaryl/α,β-unsaturated/α-hetero) is 1. The number of rotatable bonds is 9. The summed E-state index contributed by atoms with van der Waals surface area (Å²) in [6, 6.07) is 14.7. The molecule has 5 rings (SSSR count). The summed E-state index contributed by atoms with van der Waals surface area (Å²) in [7, 11) is 1.91. The number of aliphatic hydroxyl groups excluding tert-OH is 1. The van der Waals surface area contributed by atoms with Crippen molar-refractivity contribution in [3.8, 4) is 11.1 Å². The van der Waals surface area contributed by atoms with E-state index in [1.165, 1.54) is 25.3 Å². The van der Waals surface area contributed by atoms with Crippen molar-refractivity contribution in [2.75, 3.05) is 13.1 Å². The van der Waals surface area contributed by atoms with Gasteiger partial charge in [0.05, 0.1) is 23.7 Å². The average molecular weight is 488 g/mol. The van der Waals surface area contributed by atoms with Crippen LogP contribution in [0.25, 0.3) is 22.2 Å². The average Bonchev–Trinajstić information content (AvgIpc) is 3.68. The first-order valence-corrected chi connectivity index (χ1v) is 13.4. The van der Waals surface area contributed by atoms with E-state index in [0.717, 1.165) is 60.7 Å². The molecule has 0 unspecified atom stereocenters. The quantitative estimate of drug-likeness (QED) is 0.434.